The van der Waals surface area contributed by atoms with Crippen molar-refractivity contribution in [2.24, 2.45) is 10.9 Å². The number of amidine groups is 1. The number of benzene rings is 3. The number of amides is 1. The molecule has 0 bridgehead atoms. The van der Waals surface area contributed by atoms with Gasteiger partial charge in [-0.25, -0.2) is 9.38 Å². The van der Waals surface area contributed by atoms with Gasteiger partial charge in [0.05, 0.1) is 10.6 Å². The van der Waals surface area contributed by atoms with Gasteiger partial charge < -0.3 is 4.74 Å². The van der Waals surface area contributed by atoms with E-state index >= 15 is 0 Å². The van der Waals surface area contributed by atoms with Gasteiger partial charge in [-0.15, -0.1) is 0 Å². The Kier molecular flexibility index (Phi) is 7.70. The van der Waals surface area contributed by atoms with Crippen LogP contribution in [0.4, 0.5) is 10.1 Å². The van der Waals surface area contributed by atoms with Crippen molar-refractivity contribution in [2.75, 3.05) is 6.54 Å². The number of ether oxygens (including phenoxy) is 1. The molecule has 4 nitrogen and oxygen atoms in total. The normalized spacial score (nSPS) is 16.1. The zero-order chi connectivity index (χ0) is 24.1. The monoisotopic (exact) mass is 494 g/mol. The lowest BCUT2D eigenvalue weighted by Crippen LogP contribution is -2.32. The maximum absolute atomic E-state index is 13.5. The number of hydrogen-bond acceptors (Lipinski definition) is 4. The van der Waals surface area contributed by atoms with E-state index < -0.39 is 0 Å². The summed E-state index contributed by atoms with van der Waals surface area (Å²) in [5, 5.41) is 1.26. The van der Waals surface area contributed by atoms with Crippen molar-refractivity contribution < 1.29 is 13.9 Å². The lowest BCUT2D eigenvalue weighted by molar-refractivity contribution is -0.122. The molecule has 174 valence electrons. The number of thioether (sulfide) groups is 1. The van der Waals surface area contributed by atoms with Gasteiger partial charge in [0.25, 0.3) is 5.91 Å². The van der Waals surface area contributed by atoms with Gasteiger partial charge in [0, 0.05) is 17.1 Å². The predicted molar refractivity (Wildman–Crippen MR) is 138 cm³/mol. The van der Waals surface area contributed by atoms with Crippen LogP contribution in [-0.2, 0) is 11.4 Å². The Labute approximate surface area is 208 Å². The third-order valence-electron chi connectivity index (χ3n) is 4.98. The van der Waals surface area contributed by atoms with Crippen molar-refractivity contribution >= 4 is 46.2 Å². The van der Waals surface area contributed by atoms with Crippen LogP contribution in [0.5, 0.6) is 5.75 Å². The third kappa shape index (κ3) is 6.07. The zero-order valence-electron chi connectivity index (χ0n) is 18.9. The van der Waals surface area contributed by atoms with Crippen LogP contribution >= 0.6 is 23.4 Å². The molecule has 0 N–H and O–H groups in total. The first-order chi connectivity index (χ1) is 16.4. The second kappa shape index (κ2) is 10.9. The lowest BCUT2D eigenvalue weighted by Gasteiger charge is -2.17. The minimum atomic E-state index is -0.304. The summed E-state index contributed by atoms with van der Waals surface area (Å²) >= 11 is 7.33. The molecule has 4 rings (SSSR count). The summed E-state index contributed by atoms with van der Waals surface area (Å²) in [5.41, 5.74) is 2.23. The highest BCUT2D eigenvalue weighted by atomic mass is 35.5. The summed E-state index contributed by atoms with van der Waals surface area (Å²) in [6, 6.07) is 21.0. The predicted octanol–water partition coefficient (Wildman–Crippen LogP) is 7.32. The van der Waals surface area contributed by atoms with Gasteiger partial charge in [-0.3, -0.25) is 9.69 Å². The molecule has 3 aromatic rings. The van der Waals surface area contributed by atoms with Crippen LogP contribution in [0.3, 0.4) is 0 Å². The number of carbonyl (C=O) groups excluding carboxylic acids is 1. The third-order valence-corrected chi connectivity index (χ3v) is 6.23. The second-order valence-electron chi connectivity index (χ2n) is 8.25. The quantitative estimate of drug-likeness (QED) is 0.323. The van der Waals surface area contributed by atoms with Crippen LogP contribution in [0.2, 0.25) is 5.02 Å². The molecule has 34 heavy (non-hydrogen) atoms. The highest BCUT2D eigenvalue weighted by molar-refractivity contribution is 8.18. The van der Waals surface area contributed by atoms with E-state index in [1.165, 1.54) is 23.9 Å². The Hall–Kier alpha value is -3.09. The van der Waals surface area contributed by atoms with Crippen LogP contribution in [-0.4, -0.2) is 22.5 Å². The molecule has 0 radical (unpaired) electrons. The molecule has 1 aliphatic rings. The van der Waals surface area contributed by atoms with Crippen LogP contribution in [0.1, 0.15) is 25.0 Å². The van der Waals surface area contributed by atoms with Crippen molar-refractivity contribution in [3.8, 4) is 5.75 Å². The summed E-state index contributed by atoms with van der Waals surface area (Å²) in [6.45, 7) is 4.92. The Balaban J connectivity index is 1.61. The van der Waals surface area contributed by atoms with Crippen LogP contribution in [0.25, 0.3) is 6.08 Å². The second-order valence-corrected chi connectivity index (χ2v) is 9.69. The van der Waals surface area contributed by atoms with Gasteiger partial charge in [-0.1, -0.05) is 55.8 Å². The van der Waals surface area contributed by atoms with Crippen LogP contribution < -0.4 is 4.74 Å². The number of hydrogen-bond donors (Lipinski definition) is 0. The van der Waals surface area contributed by atoms with Crippen molar-refractivity contribution in [1.82, 2.24) is 4.90 Å². The number of carbonyl (C=O) groups is 1. The average molecular weight is 495 g/mol. The van der Waals surface area contributed by atoms with E-state index in [0.29, 0.717) is 27.4 Å². The molecule has 7 heteroatoms. The molecule has 0 aliphatic carbocycles. The lowest BCUT2D eigenvalue weighted by atomic mass is 10.1. The number of aliphatic imine (C=N–C) groups is 1. The number of rotatable bonds is 7. The molecule has 3 aromatic carbocycles. The Morgan fingerprint density at radius 3 is 2.59 bits per heavy atom. The topological polar surface area (TPSA) is 41.9 Å². The molecular weight excluding hydrogens is 471 g/mol. The van der Waals surface area contributed by atoms with Gasteiger partial charge in [0.2, 0.25) is 0 Å². The van der Waals surface area contributed by atoms with Crippen molar-refractivity contribution in [3.63, 3.8) is 0 Å². The maximum atomic E-state index is 13.5. The van der Waals surface area contributed by atoms with Crippen LogP contribution in [0.15, 0.2) is 82.7 Å². The highest BCUT2D eigenvalue weighted by Gasteiger charge is 2.34. The van der Waals surface area contributed by atoms with Gasteiger partial charge in [0.15, 0.2) is 5.17 Å². The van der Waals surface area contributed by atoms with E-state index in [9.17, 15) is 9.18 Å². The SMILES string of the molecule is CC(C)CN1C(=O)/C(=C/c2ccccc2OCc2cccc(F)c2)SC1=Nc1ccc(Cl)cc1. The van der Waals surface area contributed by atoms with E-state index in [4.69, 9.17) is 21.3 Å². The van der Waals surface area contributed by atoms with E-state index in [0.717, 1.165) is 16.8 Å². The Morgan fingerprint density at radius 2 is 1.85 bits per heavy atom. The van der Waals surface area contributed by atoms with E-state index in [1.54, 1.807) is 23.1 Å². The summed E-state index contributed by atoms with van der Waals surface area (Å²) in [6.07, 6.45) is 1.83. The van der Waals surface area contributed by atoms with Crippen molar-refractivity contribution in [1.29, 1.82) is 0 Å². The first-order valence-corrected chi connectivity index (χ1v) is 12.1. The fraction of sp³-hybridized carbons (Fsp3) is 0.185. The standard InChI is InChI=1S/C27H24ClFN2O2S/c1-18(2)16-31-26(32)25(34-27(31)30-23-12-10-21(28)11-13-23)15-20-7-3-4-9-24(20)33-17-19-6-5-8-22(29)14-19/h3-15,18H,16-17H2,1-2H3/b25-15-,30-27?. The van der Waals surface area contributed by atoms with Gasteiger partial charge in [-0.2, -0.15) is 0 Å². The molecule has 0 aromatic heterocycles. The first kappa shape index (κ1) is 24.0. The molecule has 0 saturated carbocycles. The highest BCUT2D eigenvalue weighted by Crippen LogP contribution is 2.36. The van der Waals surface area contributed by atoms with E-state index in [1.807, 2.05) is 48.5 Å². The maximum Gasteiger partial charge on any atom is 0.266 e. The largest absolute Gasteiger partial charge is 0.488 e. The van der Waals surface area contributed by atoms with Crippen LogP contribution in [0, 0.1) is 11.7 Å². The smallest absolute Gasteiger partial charge is 0.266 e. The molecule has 1 fully saturated rings. The molecule has 0 spiro atoms. The molecule has 1 amide bonds. The summed E-state index contributed by atoms with van der Waals surface area (Å²) in [7, 11) is 0. The fourth-order valence-corrected chi connectivity index (χ4v) is 4.53. The summed E-state index contributed by atoms with van der Waals surface area (Å²) in [5.74, 6) is 0.501. The molecule has 0 unspecified atom stereocenters. The summed E-state index contributed by atoms with van der Waals surface area (Å²) in [4.78, 5) is 20.3. The number of halogens is 2. The van der Waals surface area contributed by atoms with Crippen molar-refractivity contribution in [3.05, 3.63) is 99.7 Å². The first-order valence-electron chi connectivity index (χ1n) is 10.9. The van der Waals surface area contributed by atoms with Gasteiger partial charge in [0.1, 0.15) is 18.2 Å². The number of nitrogens with zero attached hydrogens (tertiary/aromatic N) is 2. The Bertz CT molecular complexity index is 1240. The molecule has 1 saturated heterocycles. The molecular formula is C27H24ClFN2O2S. The van der Waals surface area contributed by atoms with Crippen molar-refractivity contribution in [2.45, 2.75) is 20.5 Å². The fourth-order valence-electron chi connectivity index (χ4n) is 3.40. The van der Waals surface area contributed by atoms with Gasteiger partial charge >= 0.3 is 0 Å². The summed E-state index contributed by atoms with van der Waals surface area (Å²) < 4.78 is 19.5. The van der Waals surface area contributed by atoms with E-state index in [-0.39, 0.29) is 24.2 Å². The molecule has 0 atom stereocenters. The molecule has 1 heterocycles. The molecule has 1 aliphatic heterocycles. The average Bonchev–Trinajstić information content (AvgIpc) is 3.08. The van der Waals surface area contributed by atoms with Gasteiger partial charge in [-0.05, 0) is 71.8 Å². The number of para-hydroxylation sites is 1. The minimum Gasteiger partial charge on any atom is -0.488 e. The Morgan fingerprint density at radius 1 is 1.09 bits per heavy atom. The van der Waals surface area contributed by atoms with E-state index in [2.05, 4.69) is 13.8 Å². The zero-order valence-corrected chi connectivity index (χ0v) is 20.4. The minimum absolute atomic E-state index is 0.0913.